The Morgan fingerprint density at radius 2 is 2.05 bits per heavy atom. The zero-order valence-corrected chi connectivity index (χ0v) is 12.2. The van der Waals surface area contributed by atoms with Crippen LogP contribution in [0, 0.1) is 19.7 Å². The van der Waals surface area contributed by atoms with Crippen molar-refractivity contribution < 1.29 is 9.18 Å². The Kier molecular flexibility index (Phi) is 3.30. The highest BCUT2D eigenvalue weighted by Gasteiger charge is 2.35. The molecule has 1 atom stereocenters. The van der Waals surface area contributed by atoms with Crippen LogP contribution in [-0.4, -0.2) is 22.3 Å². The third kappa shape index (κ3) is 2.22. The quantitative estimate of drug-likeness (QED) is 0.848. The second-order valence-electron chi connectivity index (χ2n) is 5.00. The smallest absolute Gasteiger partial charge is 0.266 e. The summed E-state index contributed by atoms with van der Waals surface area (Å²) >= 11 is 1.44. The average molecular weight is 290 g/mol. The van der Waals surface area contributed by atoms with Gasteiger partial charge in [-0.05, 0) is 38.0 Å². The number of aromatic nitrogens is 1. The highest BCUT2D eigenvalue weighted by Crippen LogP contribution is 2.35. The van der Waals surface area contributed by atoms with Crippen molar-refractivity contribution in [3.05, 3.63) is 51.2 Å². The topological polar surface area (TPSA) is 33.2 Å². The third-order valence-electron chi connectivity index (χ3n) is 3.63. The number of nitrogens with zero attached hydrogens (tertiary/aromatic N) is 2. The summed E-state index contributed by atoms with van der Waals surface area (Å²) in [5, 5.41) is 0.907. The number of halogens is 1. The van der Waals surface area contributed by atoms with Crippen LogP contribution in [0.1, 0.15) is 38.4 Å². The van der Waals surface area contributed by atoms with Crippen LogP contribution in [-0.2, 0) is 0 Å². The van der Waals surface area contributed by atoms with Crippen molar-refractivity contribution in [3.63, 3.8) is 0 Å². The summed E-state index contributed by atoms with van der Waals surface area (Å²) in [4.78, 5) is 19.4. The molecule has 0 spiro atoms. The molecular formula is C15H15FN2OS. The van der Waals surface area contributed by atoms with Crippen LogP contribution < -0.4 is 0 Å². The third-order valence-corrected chi connectivity index (χ3v) is 4.69. The first-order valence-electron chi connectivity index (χ1n) is 6.56. The molecule has 0 bridgehead atoms. The van der Waals surface area contributed by atoms with Crippen molar-refractivity contribution in [1.82, 2.24) is 9.88 Å². The lowest BCUT2D eigenvalue weighted by Crippen LogP contribution is -2.45. The summed E-state index contributed by atoms with van der Waals surface area (Å²) in [7, 11) is 0. The van der Waals surface area contributed by atoms with Crippen molar-refractivity contribution in [2.24, 2.45) is 0 Å². The molecule has 0 N–H and O–H groups in total. The molecule has 1 aliphatic rings. The molecule has 1 aliphatic heterocycles. The lowest BCUT2D eigenvalue weighted by atomic mass is 9.94. The molecule has 2 heterocycles. The fourth-order valence-electron chi connectivity index (χ4n) is 2.52. The predicted octanol–water partition coefficient (Wildman–Crippen LogP) is 3.49. The minimum atomic E-state index is -0.250. The van der Waals surface area contributed by atoms with E-state index in [-0.39, 0.29) is 17.8 Å². The highest BCUT2D eigenvalue weighted by molar-refractivity contribution is 7.13. The van der Waals surface area contributed by atoms with Crippen molar-refractivity contribution in [2.75, 3.05) is 6.54 Å². The average Bonchev–Trinajstić information content (AvgIpc) is 2.70. The number of hydrogen-bond acceptors (Lipinski definition) is 3. The molecule has 2 aromatic rings. The fourth-order valence-corrected chi connectivity index (χ4v) is 3.40. The number of likely N-dealkylation sites (tertiary alicyclic amines) is 1. The van der Waals surface area contributed by atoms with E-state index in [9.17, 15) is 9.18 Å². The van der Waals surface area contributed by atoms with Crippen molar-refractivity contribution >= 4 is 17.2 Å². The number of thiazole rings is 1. The molecule has 104 valence electrons. The maximum Gasteiger partial charge on any atom is 0.266 e. The van der Waals surface area contributed by atoms with Gasteiger partial charge in [-0.2, -0.15) is 0 Å². The Bertz CT molecular complexity index is 650. The number of amides is 1. The Labute approximate surface area is 121 Å². The van der Waals surface area contributed by atoms with Gasteiger partial charge in [-0.1, -0.05) is 12.1 Å². The van der Waals surface area contributed by atoms with E-state index in [4.69, 9.17) is 0 Å². The fraction of sp³-hybridized carbons (Fsp3) is 0.333. The zero-order chi connectivity index (χ0) is 14.3. The molecule has 1 fully saturated rings. The maximum atomic E-state index is 13.0. The largest absolute Gasteiger partial charge is 0.331 e. The lowest BCUT2D eigenvalue weighted by molar-refractivity contribution is 0.0464. The van der Waals surface area contributed by atoms with E-state index in [0.29, 0.717) is 4.88 Å². The molecule has 0 unspecified atom stereocenters. The van der Waals surface area contributed by atoms with E-state index in [2.05, 4.69) is 4.98 Å². The first kappa shape index (κ1) is 13.2. The molecule has 1 aromatic heterocycles. The minimum absolute atomic E-state index is 0.0358. The summed E-state index contributed by atoms with van der Waals surface area (Å²) in [6, 6.07) is 6.45. The van der Waals surface area contributed by atoms with Crippen molar-refractivity contribution in [1.29, 1.82) is 0 Å². The van der Waals surface area contributed by atoms with Gasteiger partial charge in [-0.15, -0.1) is 11.3 Å². The van der Waals surface area contributed by atoms with Gasteiger partial charge in [-0.3, -0.25) is 4.79 Å². The molecule has 3 rings (SSSR count). The van der Waals surface area contributed by atoms with Gasteiger partial charge in [0.2, 0.25) is 0 Å². The van der Waals surface area contributed by atoms with Gasteiger partial charge in [0.25, 0.3) is 5.91 Å². The van der Waals surface area contributed by atoms with Crippen LogP contribution in [0.15, 0.2) is 24.3 Å². The van der Waals surface area contributed by atoms with Gasteiger partial charge in [-0.25, -0.2) is 9.37 Å². The van der Waals surface area contributed by atoms with E-state index < -0.39 is 0 Å². The number of hydrogen-bond donors (Lipinski definition) is 0. The van der Waals surface area contributed by atoms with Crippen LogP contribution in [0.25, 0.3) is 0 Å². The Morgan fingerprint density at radius 3 is 2.55 bits per heavy atom. The summed E-state index contributed by atoms with van der Waals surface area (Å²) in [6.45, 7) is 4.52. The summed E-state index contributed by atoms with van der Waals surface area (Å²) < 4.78 is 13.0. The lowest BCUT2D eigenvalue weighted by Gasteiger charge is -2.41. The number of rotatable bonds is 2. The Balaban J connectivity index is 1.83. The standard InChI is InChI=1S/C15H15FN2OS/c1-9-14(20-10(2)17-9)15(19)18-8-7-13(18)11-3-5-12(16)6-4-11/h3-6,13H,7-8H2,1-2H3/t13-/m1/s1. The first-order chi connectivity index (χ1) is 9.56. The van der Waals surface area contributed by atoms with E-state index in [1.165, 1.54) is 23.5 Å². The number of aryl methyl sites for hydroxylation is 2. The highest BCUT2D eigenvalue weighted by atomic mass is 32.1. The van der Waals surface area contributed by atoms with Gasteiger partial charge < -0.3 is 4.90 Å². The van der Waals surface area contributed by atoms with Crippen LogP contribution in [0.3, 0.4) is 0 Å². The van der Waals surface area contributed by atoms with Crippen LogP contribution in [0.5, 0.6) is 0 Å². The normalized spacial score (nSPS) is 17.9. The number of carbonyl (C=O) groups excluding carboxylic acids is 1. The van der Waals surface area contributed by atoms with Crippen molar-refractivity contribution in [2.45, 2.75) is 26.3 Å². The van der Waals surface area contributed by atoms with Crippen LogP contribution in [0.4, 0.5) is 4.39 Å². The monoisotopic (exact) mass is 290 g/mol. The van der Waals surface area contributed by atoms with E-state index >= 15 is 0 Å². The van der Waals surface area contributed by atoms with Gasteiger partial charge in [0.1, 0.15) is 10.7 Å². The SMILES string of the molecule is Cc1nc(C)c(C(=O)N2CC[C@@H]2c2ccc(F)cc2)s1. The van der Waals surface area contributed by atoms with E-state index in [0.717, 1.165) is 29.2 Å². The van der Waals surface area contributed by atoms with E-state index in [1.54, 1.807) is 12.1 Å². The van der Waals surface area contributed by atoms with Crippen LogP contribution in [0.2, 0.25) is 0 Å². The molecule has 0 radical (unpaired) electrons. The zero-order valence-electron chi connectivity index (χ0n) is 11.4. The summed E-state index contributed by atoms with van der Waals surface area (Å²) in [5.41, 5.74) is 1.78. The maximum absolute atomic E-state index is 13.0. The molecule has 20 heavy (non-hydrogen) atoms. The second kappa shape index (κ2) is 4.98. The molecule has 1 aromatic carbocycles. The van der Waals surface area contributed by atoms with Gasteiger partial charge in [0.05, 0.1) is 16.7 Å². The minimum Gasteiger partial charge on any atom is -0.331 e. The van der Waals surface area contributed by atoms with Crippen molar-refractivity contribution in [3.8, 4) is 0 Å². The number of carbonyl (C=O) groups is 1. The molecule has 5 heteroatoms. The first-order valence-corrected chi connectivity index (χ1v) is 7.38. The molecule has 1 saturated heterocycles. The number of benzene rings is 1. The Morgan fingerprint density at radius 1 is 1.35 bits per heavy atom. The summed E-state index contributed by atoms with van der Waals surface area (Å²) in [5.74, 6) is -0.214. The van der Waals surface area contributed by atoms with Crippen LogP contribution >= 0.6 is 11.3 Å². The molecular weight excluding hydrogens is 275 g/mol. The van der Waals surface area contributed by atoms with E-state index in [1.807, 2.05) is 18.7 Å². The van der Waals surface area contributed by atoms with Gasteiger partial charge >= 0.3 is 0 Å². The molecule has 0 aliphatic carbocycles. The second-order valence-corrected chi connectivity index (χ2v) is 6.21. The molecule has 1 amide bonds. The molecule has 0 saturated carbocycles. The van der Waals surface area contributed by atoms with Gasteiger partial charge in [0.15, 0.2) is 0 Å². The van der Waals surface area contributed by atoms with Gasteiger partial charge in [0, 0.05) is 6.54 Å². The Hall–Kier alpha value is -1.75. The molecule has 3 nitrogen and oxygen atoms in total. The predicted molar refractivity (Wildman–Crippen MR) is 76.4 cm³/mol. The summed E-state index contributed by atoms with van der Waals surface area (Å²) in [6.07, 6.45) is 0.925.